The predicted molar refractivity (Wildman–Crippen MR) is 140 cm³/mol. The number of aliphatic hydroxyl groups excluding tert-OH is 1. The summed E-state index contributed by atoms with van der Waals surface area (Å²) in [7, 11) is 1.33. The van der Waals surface area contributed by atoms with Crippen LogP contribution in [0.1, 0.15) is 44.9 Å². The summed E-state index contributed by atoms with van der Waals surface area (Å²) < 4.78 is 4.83. The van der Waals surface area contributed by atoms with Gasteiger partial charge in [-0.05, 0) is 34.9 Å². The van der Waals surface area contributed by atoms with Crippen LogP contribution >= 0.6 is 0 Å². The van der Waals surface area contributed by atoms with Crippen LogP contribution in [0.25, 0.3) is 10.9 Å². The summed E-state index contributed by atoms with van der Waals surface area (Å²) >= 11 is 0. The molecule has 8 nitrogen and oxygen atoms in total. The normalized spacial score (nSPS) is 19.7. The van der Waals surface area contributed by atoms with E-state index < -0.39 is 24.2 Å². The number of rotatable bonds is 5. The summed E-state index contributed by atoms with van der Waals surface area (Å²) in [4.78, 5) is 46.2. The Balaban J connectivity index is 1.40. The van der Waals surface area contributed by atoms with Gasteiger partial charge in [-0.2, -0.15) is 0 Å². The number of carbonyl (C=O) groups is 3. The molecule has 3 unspecified atom stereocenters. The van der Waals surface area contributed by atoms with Crippen molar-refractivity contribution in [3.8, 4) is 0 Å². The highest BCUT2D eigenvalue weighted by molar-refractivity contribution is 5.97. The van der Waals surface area contributed by atoms with Gasteiger partial charge in [0.15, 0.2) is 0 Å². The lowest BCUT2D eigenvalue weighted by Gasteiger charge is -2.47. The van der Waals surface area contributed by atoms with Crippen LogP contribution in [-0.4, -0.2) is 63.9 Å². The average molecular weight is 510 g/mol. The van der Waals surface area contributed by atoms with E-state index in [0.717, 1.165) is 27.7 Å². The zero-order valence-corrected chi connectivity index (χ0v) is 20.8. The van der Waals surface area contributed by atoms with E-state index in [2.05, 4.69) is 4.98 Å². The van der Waals surface area contributed by atoms with E-state index in [9.17, 15) is 19.5 Å². The van der Waals surface area contributed by atoms with Gasteiger partial charge in [-0.15, -0.1) is 0 Å². The van der Waals surface area contributed by atoms with Crippen LogP contribution in [0.2, 0.25) is 0 Å². The summed E-state index contributed by atoms with van der Waals surface area (Å²) in [6.45, 7) is -0.0797. The summed E-state index contributed by atoms with van der Waals surface area (Å²) in [5, 5.41) is 11.8. The number of aromatic nitrogens is 1. The van der Waals surface area contributed by atoms with Gasteiger partial charge in [-0.25, -0.2) is 4.79 Å². The van der Waals surface area contributed by atoms with Crippen molar-refractivity contribution in [1.29, 1.82) is 0 Å². The Bertz CT molecular complexity index is 1530. The smallest absolute Gasteiger partial charge is 0.337 e. The minimum atomic E-state index is -0.895. The third-order valence-corrected chi connectivity index (χ3v) is 7.57. The van der Waals surface area contributed by atoms with Crippen LogP contribution < -0.4 is 0 Å². The first-order chi connectivity index (χ1) is 18.5. The zero-order valence-electron chi connectivity index (χ0n) is 20.8. The monoisotopic (exact) mass is 509 g/mol. The number of hydrogen-bond donors (Lipinski definition) is 2. The van der Waals surface area contributed by atoms with Crippen LogP contribution in [0.3, 0.4) is 0 Å². The van der Waals surface area contributed by atoms with Gasteiger partial charge >= 0.3 is 5.97 Å². The molecule has 38 heavy (non-hydrogen) atoms. The van der Waals surface area contributed by atoms with E-state index >= 15 is 0 Å². The van der Waals surface area contributed by atoms with Crippen molar-refractivity contribution in [3.63, 3.8) is 0 Å². The van der Waals surface area contributed by atoms with Crippen molar-refractivity contribution in [2.75, 3.05) is 20.2 Å². The maximum Gasteiger partial charge on any atom is 0.337 e. The number of nitrogens with zero attached hydrogens (tertiary/aromatic N) is 2. The van der Waals surface area contributed by atoms with Gasteiger partial charge in [0.25, 0.3) is 0 Å². The largest absolute Gasteiger partial charge is 0.465 e. The number of hydrogen-bond acceptors (Lipinski definition) is 5. The lowest BCUT2D eigenvalue weighted by Crippen LogP contribution is -2.63. The number of benzene rings is 3. The number of carbonyl (C=O) groups excluding carboxylic acids is 3. The number of β-amino-alcohol motifs (C(OH)–C–C–N with tert-alkyl or cyclic N) is 1. The molecule has 0 saturated carbocycles. The summed E-state index contributed by atoms with van der Waals surface area (Å²) in [6, 6.07) is 22.8. The number of amides is 2. The number of ether oxygens (including phenoxy) is 1. The number of H-pyrrole nitrogens is 1. The minimum absolute atomic E-state index is 0.0398. The molecule has 2 aliphatic heterocycles. The average Bonchev–Trinajstić information content (AvgIpc) is 3.33. The Hall–Kier alpha value is -4.43. The van der Waals surface area contributed by atoms with Crippen molar-refractivity contribution < 1.29 is 24.2 Å². The van der Waals surface area contributed by atoms with E-state index in [-0.39, 0.29) is 24.9 Å². The van der Waals surface area contributed by atoms with Crippen LogP contribution in [0, 0.1) is 0 Å². The molecule has 3 aromatic carbocycles. The van der Waals surface area contributed by atoms with Gasteiger partial charge in [0.05, 0.1) is 37.9 Å². The highest BCUT2D eigenvalue weighted by atomic mass is 16.5. The third-order valence-electron chi connectivity index (χ3n) is 7.57. The maximum absolute atomic E-state index is 13.8. The van der Waals surface area contributed by atoms with E-state index in [0.29, 0.717) is 17.5 Å². The molecule has 1 aromatic heterocycles. The van der Waals surface area contributed by atoms with Gasteiger partial charge in [0, 0.05) is 23.0 Å². The molecule has 0 radical (unpaired) electrons. The van der Waals surface area contributed by atoms with Crippen molar-refractivity contribution >= 4 is 28.7 Å². The minimum Gasteiger partial charge on any atom is -0.465 e. The second kappa shape index (κ2) is 9.46. The summed E-state index contributed by atoms with van der Waals surface area (Å²) in [5.74, 6) is -0.825. The SMILES string of the molecule is COC(=O)c1ccc(C2c3[nH]c4ccccc4c3CC3C(=O)N(CC(O)c4ccccc4)CC(=O)N32)cc1. The summed E-state index contributed by atoms with van der Waals surface area (Å²) in [5.41, 5.74) is 4.69. The van der Waals surface area contributed by atoms with Crippen LogP contribution in [0.15, 0.2) is 78.9 Å². The molecule has 6 rings (SSSR count). The highest BCUT2D eigenvalue weighted by Crippen LogP contribution is 2.42. The Labute approximate surface area is 219 Å². The molecule has 4 aromatic rings. The predicted octanol–water partition coefficient (Wildman–Crippen LogP) is 3.37. The number of aliphatic hydroxyl groups is 1. The molecule has 3 heterocycles. The van der Waals surface area contributed by atoms with Crippen molar-refractivity contribution in [1.82, 2.24) is 14.8 Å². The molecule has 0 spiro atoms. The molecule has 1 fully saturated rings. The molecule has 1 saturated heterocycles. The van der Waals surface area contributed by atoms with Gasteiger partial charge < -0.3 is 24.6 Å². The number of fused-ring (bicyclic) bond motifs is 4. The van der Waals surface area contributed by atoms with E-state index in [1.165, 1.54) is 12.0 Å². The van der Waals surface area contributed by atoms with Crippen LogP contribution in [0.4, 0.5) is 0 Å². The standard InChI is InChI=1S/C30H27N3O5/c1-38-30(37)20-13-11-19(12-14-20)28-27-22(21-9-5-6-10-23(21)31-27)15-24-29(36)32(17-26(35)33(24)28)16-25(34)18-7-3-2-4-8-18/h2-14,24-25,28,31,34H,15-17H2,1H3. The third kappa shape index (κ3) is 3.94. The Morgan fingerprint density at radius 2 is 1.74 bits per heavy atom. The molecular formula is C30H27N3O5. The number of para-hydroxylation sites is 1. The Morgan fingerprint density at radius 3 is 2.47 bits per heavy atom. The molecule has 2 amide bonds. The van der Waals surface area contributed by atoms with Gasteiger partial charge in [0.2, 0.25) is 11.8 Å². The first-order valence-corrected chi connectivity index (χ1v) is 12.6. The lowest BCUT2D eigenvalue weighted by molar-refractivity contribution is -0.159. The Morgan fingerprint density at radius 1 is 1.03 bits per heavy atom. The zero-order chi connectivity index (χ0) is 26.4. The number of esters is 1. The maximum atomic E-state index is 13.8. The van der Waals surface area contributed by atoms with Crippen LogP contribution in [0.5, 0.6) is 0 Å². The van der Waals surface area contributed by atoms with Crippen molar-refractivity contribution in [2.45, 2.75) is 24.6 Å². The first-order valence-electron chi connectivity index (χ1n) is 12.6. The Kier molecular flexibility index (Phi) is 5.96. The molecule has 0 aliphatic carbocycles. The number of nitrogens with one attached hydrogen (secondary N) is 1. The van der Waals surface area contributed by atoms with Gasteiger partial charge in [-0.3, -0.25) is 9.59 Å². The molecule has 8 heteroatoms. The van der Waals surface area contributed by atoms with Crippen molar-refractivity contribution in [3.05, 3.63) is 107 Å². The topological polar surface area (TPSA) is 103 Å². The van der Waals surface area contributed by atoms with E-state index in [1.807, 2.05) is 42.5 Å². The second-order valence-corrected chi connectivity index (χ2v) is 9.75. The number of piperazine rings is 1. The highest BCUT2D eigenvalue weighted by Gasteiger charge is 2.48. The molecule has 3 atom stereocenters. The number of aromatic amines is 1. The fourth-order valence-electron chi connectivity index (χ4n) is 5.73. The quantitative estimate of drug-likeness (QED) is 0.402. The molecule has 2 aliphatic rings. The number of methoxy groups -OCH3 is 1. The molecule has 2 N–H and O–H groups in total. The summed E-state index contributed by atoms with van der Waals surface area (Å²) in [6.07, 6.45) is -0.521. The van der Waals surface area contributed by atoms with E-state index in [1.54, 1.807) is 41.3 Å². The first kappa shape index (κ1) is 23.9. The van der Waals surface area contributed by atoms with E-state index in [4.69, 9.17) is 4.74 Å². The molecule has 192 valence electrons. The van der Waals surface area contributed by atoms with Gasteiger partial charge in [0.1, 0.15) is 6.04 Å². The molecule has 0 bridgehead atoms. The fourth-order valence-corrected chi connectivity index (χ4v) is 5.73. The van der Waals surface area contributed by atoms with Crippen LogP contribution in [-0.2, 0) is 20.7 Å². The second-order valence-electron chi connectivity index (χ2n) is 9.75. The van der Waals surface area contributed by atoms with Crippen molar-refractivity contribution in [2.24, 2.45) is 0 Å². The van der Waals surface area contributed by atoms with Gasteiger partial charge in [-0.1, -0.05) is 60.7 Å². The molecular weight excluding hydrogens is 482 g/mol. The lowest BCUT2D eigenvalue weighted by atomic mass is 9.86. The fraction of sp³-hybridized carbons (Fsp3) is 0.233.